The molecule has 0 atom stereocenters. The van der Waals surface area contributed by atoms with Gasteiger partial charge in [-0.05, 0) is 30.0 Å². The SMILES string of the molecule is COc1cc(OC)c2nc(-c3sccc3C)nc(Cl)c2c1. The molecule has 0 spiro atoms. The Kier molecular flexibility index (Phi) is 3.69. The van der Waals surface area contributed by atoms with Crippen LogP contribution in [-0.4, -0.2) is 24.2 Å². The van der Waals surface area contributed by atoms with Crippen molar-refractivity contribution in [2.75, 3.05) is 14.2 Å². The molecule has 2 heterocycles. The molecular weight excluding hydrogens is 308 g/mol. The van der Waals surface area contributed by atoms with E-state index in [4.69, 9.17) is 21.1 Å². The second-order valence-corrected chi connectivity index (χ2v) is 5.77. The Labute approximate surface area is 131 Å². The summed E-state index contributed by atoms with van der Waals surface area (Å²) in [5.41, 5.74) is 1.81. The lowest BCUT2D eigenvalue weighted by atomic mass is 10.2. The van der Waals surface area contributed by atoms with Gasteiger partial charge in [-0.2, -0.15) is 0 Å². The summed E-state index contributed by atoms with van der Waals surface area (Å²) < 4.78 is 10.7. The van der Waals surface area contributed by atoms with Crippen LogP contribution in [-0.2, 0) is 0 Å². The molecule has 0 aliphatic heterocycles. The number of ether oxygens (including phenoxy) is 2. The van der Waals surface area contributed by atoms with Crippen LogP contribution in [0.5, 0.6) is 11.5 Å². The molecule has 1 aromatic carbocycles. The van der Waals surface area contributed by atoms with E-state index in [9.17, 15) is 0 Å². The first-order valence-corrected chi connectivity index (χ1v) is 7.53. The lowest BCUT2D eigenvalue weighted by Crippen LogP contribution is -1.96. The first-order valence-electron chi connectivity index (χ1n) is 6.27. The zero-order valence-corrected chi connectivity index (χ0v) is 13.4. The van der Waals surface area contributed by atoms with E-state index in [-0.39, 0.29) is 0 Å². The van der Waals surface area contributed by atoms with Crippen molar-refractivity contribution < 1.29 is 9.47 Å². The molecular formula is C15H13ClN2O2S. The summed E-state index contributed by atoms with van der Waals surface area (Å²) in [6.07, 6.45) is 0. The quantitative estimate of drug-likeness (QED) is 0.673. The number of halogens is 1. The minimum Gasteiger partial charge on any atom is -0.497 e. The largest absolute Gasteiger partial charge is 0.497 e. The highest BCUT2D eigenvalue weighted by Gasteiger charge is 2.15. The van der Waals surface area contributed by atoms with Gasteiger partial charge in [-0.1, -0.05) is 11.6 Å². The van der Waals surface area contributed by atoms with Crippen LogP contribution < -0.4 is 9.47 Å². The summed E-state index contributed by atoms with van der Waals surface area (Å²) in [5.74, 6) is 1.89. The molecule has 0 bridgehead atoms. The van der Waals surface area contributed by atoms with Crippen molar-refractivity contribution in [3.8, 4) is 22.2 Å². The van der Waals surface area contributed by atoms with Gasteiger partial charge in [-0.25, -0.2) is 9.97 Å². The second kappa shape index (κ2) is 5.50. The van der Waals surface area contributed by atoms with Crippen LogP contribution >= 0.6 is 22.9 Å². The van der Waals surface area contributed by atoms with Crippen molar-refractivity contribution in [3.63, 3.8) is 0 Å². The van der Waals surface area contributed by atoms with Crippen molar-refractivity contribution >= 4 is 33.8 Å². The van der Waals surface area contributed by atoms with Gasteiger partial charge >= 0.3 is 0 Å². The predicted octanol–water partition coefficient (Wildman–Crippen LogP) is 4.34. The van der Waals surface area contributed by atoms with Crippen molar-refractivity contribution in [2.45, 2.75) is 6.92 Å². The number of hydrogen-bond donors (Lipinski definition) is 0. The molecule has 0 fully saturated rings. The third-order valence-electron chi connectivity index (χ3n) is 3.21. The first kappa shape index (κ1) is 14.1. The van der Waals surface area contributed by atoms with E-state index in [2.05, 4.69) is 9.97 Å². The Morgan fingerprint density at radius 2 is 1.95 bits per heavy atom. The molecule has 4 nitrogen and oxygen atoms in total. The van der Waals surface area contributed by atoms with Crippen LogP contribution in [0.4, 0.5) is 0 Å². The van der Waals surface area contributed by atoms with Crippen LogP contribution in [0.25, 0.3) is 21.6 Å². The van der Waals surface area contributed by atoms with Gasteiger partial charge in [0, 0.05) is 11.5 Å². The van der Waals surface area contributed by atoms with E-state index in [1.165, 1.54) is 0 Å². The van der Waals surface area contributed by atoms with Crippen LogP contribution in [0, 0.1) is 6.92 Å². The van der Waals surface area contributed by atoms with Gasteiger partial charge in [0.25, 0.3) is 0 Å². The zero-order chi connectivity index (χ0) is 15.0. The molecule has 0 radical (unpaired) electrons. The smallest absolute Gasteiger partial charge is 0.171 e. The molecule has 108 valence electrons. The summed E-state index contributed by atoms with van der Waals surface area (Å²) >= 11 is 7.92. The number of thiophene rings is 1. The maximum absolute atomic E-state index is 6.33. The predicted molar refractivity (Wildman–Crippen MR) is 85.7 cm³/mol. The highest BCUT2D eigenvalue weighted by Crippen LogP contribution is 2.36. The van der Waals surface area contributed by atoms with Crippen molar-refractivity contribution in [3.05, 3.63) is 34.3 Å². The number of fused-ring (bicyclic) bond motifs is 1. The minimum atomic E-state index is 0.389. The average Bonchev–Trinajstić information content (AvgIpc) is 2.92. The topological polar surface area (TPSA) is 44.2 Å². The molecule has 6 heteroatoms. The van der Waals surface area contributed by atoms with E-state index in [1.807, 2.05) is 24.4 Å². The Morgan fingerprint density at radius 3 is 2.57 bits per heavy atom. The molecule has 3 aromatic rings. The second-order valence-electron chi connectivity index (χ2n) is 4.50. The standard InChI is InChI=1S/C15H13ClN2O2S/c1-8-4-5-21-13(8)15-17-12-10(14(16)18-15)6-9(19-2)7-11(12)20-3/h4-7H,1-3H3. The Morgan fingerprint density at radius 1 is 1.14 bits per heavy atom. The fraction of sp³-hybridized carbons (Fsp3) is 0.200. The molecule has 0 amide bonds. The minimum absolute atomic E-state index is 0.389. The van der Waals surface area contributed by atoms with Crippen molar-refractivity contribution in [2.24, 2.45) is 0 Å². The average molecular weight is 321 g/mol. The molecule has 0 aliphatic rings. The fourth-order valence-electron chi connectivity index (χ4n) is 2.12. The Balaban J connectivity index is 2.31. The first-order chi connectivity index (χ1) is 10.1. The molecule has 2 aromatic heterocycles. The summed E-state index contributed by atoms with van der Waals surface area (Å²) in [7, 11) is 3.19. The number of nitrogens with zero attached hydrogens (tertiary/aromatic N) is 2. The Hall–Kier alpha value is -1.85. The fourth-order valence-corrected chi connectivity index (χ4v) is 3.20. The van der Waals surface area contributed by atoms with Crippen molar-refractivity contribution in [1.82, 2.24) is 9.97 Å². The van der Waals surface area contributed by atoms with Crippen molar-refractivity contribution in [1.29, 1.82) is 0 Å². The molecule has 0 unspecified atom stereocenters. The van der Waals surface area contributed by atoms with Crippen LogP contribution in [0.2, 0.25) is 5.15 Å². The van der Waals surface area contributed by atoms with Gasteiger partial charge in [0.2, 0.25) is 0 Å². The van der Waals surface area contributed by atoms with Crippen LogP contribution in [0.3, 0.4) is 0 Å². The van der Waals surface area contributed by atoms with Gasteiger partial charge in [-0.15, -0.1) is 11.3 Å². The van der Waals surface area contributed by atoms with Gasteiger partial charge in [0.15, 0.2) is 5.82 Å². The molecule has 0 saturated carbocycles. The lowest BCUT2D eigenvalue weighted by Gasteiger charge is -2.10. The van der Waals surface area contributed by atoms with E-state index in [0.717, 1.165) is 10.4 Å². The van der Waals surface area contributed by atoms with E-state index in [1.54, 1.807) is 31.6 Å². The third-order valence-corrected chi connectivity index (χ3v) is 4.51. The number of benzene rings is 1. The van der Waals surface area contributed by atoms with E-state index >= 15 is 0 Å². The number of rotatable bonds is 3. The number of aromatic nitrogens is 2. The number of aryl methyl sites for hydroxylation is 1. The van der Waals surface area contributed by atoms with Gasteiger partial charge < -0.3 is 9.47 Å². The van der Waals surface area contributed by atoms with Gasteiger partial charge in [0.1, 0.15) is 22.2 Å². The molecule has 0 N–H and O–H groups in total. The molecule has 0 aliphatic carbocycles. The van der Waals surface area contributed by atoms with Crippen LogP contribution in [0.15, 0.2) is 23.6 Å². The highest BCUT2D eigenvalue weighted by atomic mass is 35.5. The van der Waals surface area contributed by atoms with Gasteiger partial charge in [-0.3, -0.25) is 0 Å². The summed E-state index contributed by atoms with van der Waals surface area (Å²) in [4.78, 5) is 10.0. The van der Waals surface area contributed by atoms with Crippen LogP contribution in [0.1, 0.15) is 5.56 Å². The monoisotopic (exact) mass is 320 g/mol. The number of methoxy groups -OCH3 is 2. The van der Waals surface area contributed by atoms with E-state index < -0.39 is 0 Å². The summed E-state index contributed by atoms with van der Waals surface area (Å²) in [5, 5.41) is 3.11. The molecule has 0 saturated heterocycles. The number of hydrogen-bond acceptors (Lipinski definition) is 5. The Bertz CT molecular complexity index is 817. The van der Waals surface area contributed by atoms with Gasteiger partial charge in [0.05, 0.1) is 19.1 Å². The molecule has 3 rings (SSSR count). The summed E-state index contributed by atoms with van der Waals surface area (Å²) in [6.45, 7) is 2.03. The normalized spacial score (nSPS) is 10.9. The maximum Gasteiger partial charge on any atom is 0.171 e. The van der Waals surface area contributed by atoms with E-state index in [0.29, 0.717) is 33.4 Å². The molecule has 21 heavy (non-hydrogen) atoms. The third kappa shape index (κ3) is 2.43. The maximum atomic E-state index is 6.33. The summed E-state index contributed by atoms with van der Waals surface area (Å²) in [6, 6.07) is 5.63. The highest BCUT2D eigenvalue weighted by molar-refractivity contribution is 7.13. The lowest BCUT2D eigenvalue weighted by molar-refractivity contribution is 0.397. The zero-order valence-electron chi connectivity index (χ0n) is 11.8.